The number of nitro benzene ring substituents is 1. The number of benzene rings is 2. The Morgan fingerprint density at radius 1 is 1.14 bits per heavy atom. The maximum atomic E-state index is 13.2. The van der Waals surface area contributed by atoms with Gasteiger partial charge in [0.05, 0.1) is 21.9 Å². The number of aromatic nitrogens is 2. The summed E-state index contributed by atoms with van der Waals surface area (Å²) >= 11 is 0. The minimum absolute atomic E-state index is 0.0239. The molecule has 0 unspecified atom stereocenters. The van der Waals surface area contributed by atoms with Crippen LogP contribution in [0, 0.1) is 10.1 Å². The van der Waals surface area contributed by atoms with Gasteiger partial charge in [-0.15, -0.1) is 0 Å². The molecule has 7 heteroatoms. The standard InChI is InChI=1S/C21H22N4O3/c1-3-4-14-22-15(2)19-20(16-8-6-5-7-9-16)23-24(21(19)26)17-10-12-18(13-11-17)25(27)28/h5-13,23H,3-4,14H2,1-2H3. The Bertz CT molecular complexity index is 1050. The molecule has 0 saturated carbocycles. The maximum Gasteiger partial charge on any atom is 0.280 e. The molecule has 0 aliphatic heterocycles. The minimum Gasteiger partial charge on any atom is -0.290 e. The van der Waals surface area contributed by atoms with E-state index in [0.717, 1.165) is 18.4 Å². The predicted octanol–water partition coefficient (Wildman–Crippen LogP) is 4.35. The first-order chi connectivity index (χ1) is 13.5. The van der Waals surface area contributed by atoms with Crippen LogP contribution in [-0.2, 0) is 0 Å². The van der Waals surface area contributed by atoms with Crippen LogP contribution in [0.2, 0.25) is 0 Å². The number of hydrogen-bond donors (Lipinski definition) is 1. The Hall–Kier alpha value is -3.48. The summed E-state index contributed by atoms with van der Waals surface area (Å²) in [5, 5.41) is 14.0. The SMILES string of the molecule is CCCCN=C(C)c1c(-c2ccccc2)[nH]n(-c2ccc([N+](=O)[O-])cc2)c1=O. The number of nitrogens with one attached hydrogen (secondary N) is 1. The number of rotatable bonds is 7. The van der Waals surface area contributed by atoms with Gasteiger partial charge in [0.1, 0.15) is 0 Å². The first kappa shape index (κ1) is 19.3. The van der Waals surface area contributed by atoms with Crippen molar-refractivity contribution in [1.29, 1.82) is 0 Å². The molecule has 0 saturated heterocycles. The van der Waals surface area contributed by atoms with Crippen molar-refractivity contribution in [3.05, 3.63) is 80.6 Å². The molecule has 0 fully saturated rings. The highest BCUT2D eigenvalue weighted by Gasteiger charge is 2.19. The molecule has 144 valence electrons. The second-order valence-electron chi connectivity index (χ2n) is 6.46. The van der Waals surface area contributed by atoms with E-state index in [0.29, 0.717) is 29.2 Å². The number of nitro groups is 1. The fourth-order valence-electron chi connectivity index (χ4n) is 2.98. The van der Waals surface area contributed by atoms with Crippen LogP contribution in [0.3, 0.4) is 0 Å². The van der Waals surface area contributed by atoms with Crippen molar-refractivity contribution < 1.29 is 4.92 Å². The van der Waals surface area contributed by atoms with Crippen LogP contribution >= 0.6 is 0 Å². The third-order valence-electron chi connectivity index (χ3n) is 4.49. The van der Waals surface area contributed by atoms with Gasteiger partial charge in [-0.1, -0.05) is 43.7 Å². The van der Waals surface area contributed by atoms with Gasteiger partial charge in [0.25, 0.3) is 11.2 Å². The van der Waals surface area contributed by atoms with Gasteiger partial charge < -0.3 is 0 Å². The molecule has 28 heavy (non-hydrogen) atoms. The van der Waals surface area contributed by atoms with Gasteiger partial charge in [0.2, 0.25) is 0 Å². The number of aromatic amines is 1. The van der Waals surface area contributed by atoms with Crippen molar-refractivity contribution in [3.8, 4) is 16.9 Å². The largest absolute Gasteiger partial charge is 0.290 e. The molecular formula is C21H22N4O3. The summed E-state index contributed by atoms with van der Waals surface area (Å²) < 4.78 is 1.40. The van der Waals surface area contributed by atoms with E-state index < -0.39 is 4.92 Å². The number of non-ortho nitro benzene ring substituents is 1. The second-order valence-corrected chi connectivity index (χ2v) is 6.46. The van der Waals surface area contributed by atoms with Gasteiger partial charge in [-0.2, -0.15) is 0 Å². The van der Waals surface area contributed by atoms with Crippen LogP contribution in [0.4, 0.5) is 5.69 Å². The second kappa shape index (κ2) is 8.47. The molecule has 7 nitrogen and oxygen atoms in total. The molecular weight excluding hydrogens is 356 g/mol. The number of H-pyrrole nitrogens is 1. The highest BCUT2D eigenvalue weighted by atomic mass is 16.6. The number of hydrogen-bond acceptors (Lipinski definition) is 4. The zero-order valence-corrected chi connectivity index (χ0v) is 15.9. The van der Waals surface area contributed by atoms with Crippen LogP contribution in [0.5, 0.6) is 0 Å². The lowest BCUT2D eigenvalue weighted by molar-refractivity contribution is -0.384. The van der Waals surface area contributed by atoms with Crippen molar-refractivity contribution in [2.24, 2.45) is 4.99 Å². The lowest BCUT2D eigenvalue weighted by atomic mass is 10.1. The van der Waals surface area contributed by atoms with Crippen LogP contribution in [-0.4, -0.2) is 27.0 Å². The van der Waals surface area contributed by atoms with E-state index >= 15 is 0 Å². The fraction of sp³-hybridized carbons (Fsp3) is 0.238. The molecule has 1 aromatic heterocycles. The van der Waals surface area contributed by atoms with Gasteiger partial charge in [-0.05, 0) is 25.5 Å². The molecule has 1 N–H and O–H groups in total. The molecule has 0 amide bonds. The van der Waals surface area contributed by atoms with Crippen LogP contribution < -0.4 is 5.56 Å². The lowest BCUT2D eigenvalue weighted by Crippen LogP contribution is -2.19. The van der Waals surface area contributed by atoms with Crippen LogP contribution in [0.25, 0.3) is 16.9 Å². The summed E-state index contributed by atoms with van der Waals surface area (Å²) in [4.78, 5) is 28.2. The molecule has 0 radical (unpaired) electrons. The Labute approximate surface area is 162 Å². The van der Waals surface area contributed by atoms with Gasteiger partial charge in [0, 0.05) is 30.0 Å². The maximum absolute atomic E-state index is 13.2. The van der Waals surface area contributed by atoms with E-state index in [1.54, 1.807) is 12.1 Å². The Morgan fingerprint density at radius 3 is 2.43 bits per heavy atom. The number of aliphatic imine (C=N–C) groups is 1. The lowest BCUT2D eigenvalue weighted by Gasteiger charge is -2.03. The summed E-state index contributed by atoms with van der Waals surface area (Å²) in [6.45, 7) is 4.60. The minimum atomic E-state index is -0.466. The zero-order chi connectivity index (χ0) is 20.1. The molecule has 0 bridgehead atoms. The summed E-state index contributed by atoms with van der Waals surface area (Å²) in [6.07, 6.45) is 1.99. The third kappa shape index (κ3) is 3.93. The third-order valence-corrected chi connectivity index (χ3v) is 4.49. The van der Waals surface area contributed by atoms with E-state index in [9.17, 15) is 14.9 Å². The smallest absolute Gasteiger partial charge is 0.280 e. The highest BCUT2D eigenvalue weighted by Crippen LogP contribution is 2.22. The molecule has 3 rings (SSSR count). The van der Waals surface area contributed by atoms with E-state index in [2.05, 4.69) is 17.0 Å². The fourth-order valence-corrected chi connectivity index (χ4v) is 2.98. The van der Waals surface area contributed by atoms with Gasteiger partial charge >= 0.3 is 0 Å². The summed E-state index contributed by atoms with van der Waals surface area (Å²) in [7, 11) is 0. The Kier molecular flexibility index (Phi) is 5.84. The average Bonchev–Trinajstić information content (AvgIpc) is 3.06. The van der Waals surface area contributed by atoms with Crippen LogP contribution in [0.1, 0.15) is 32.3 Å². The van der Waals surface area contributed by atoms with E-state index in [1.165, 1.54) is 16.8 Å². The number of unbranched alkanes of at least 4 members (excludes halogenated alkanes) is 1. The highest BCUT2D eigenvalue weighted by molar-refractivity contribution is 6.03. The quantitative estimate of drug-likeness (QED) is 0.287. The van der Waals surface area contributed by atoms with E-state index in [4.69, 9.17) is 0 Å². The van der Waals surface area contributed by atoms with Crippen molar-refractivity contribution in [1.82, 2.24) is 9.78 Å². The average molecular weight is 378 g/mol. The summed E-state index contributed by atoms with van der Waals surface area (Å²) in [5.74, 6) is 0. The predicted molar refractivity (Wildman–Crippen MR) is 110 cm³/mol. The summed E-state index contributed by atoms with van der Waals surface area (Å²) in [6, 6.07) is 15.4. The van der Waals surface area contributed by atoms with Crippen LogP contribution in [0.15, 0.2) is 64.4 Å². The van der Waals surface area contributed by atoms with Crippen molar-refractivity contribution >= 4 is 11.4 Å². The van der Waals surface area contributed by atoms with E-state index in [-0.39, 0.29) is 11.2 Å². The normalized spacial score (nSPS) is 11.6. The molecule has 0 spiro atoms. The van der Waals surface area contributed by atoms with Gasteiger partial charge in [-0.3, -0.25) is 25.0 Å². The molecule has 0 aliphatic carbocycles. The zero-order valence-electron chi connectivity index (χ0n) is 15.9. The van der Waals surface area contributed by atoms with Crippen molar-refractivity contribution in [3.63, 3.8) is 0 Å². The topological polar surface area (TPSA) is 93.3 Å². The monoisotopic (exact) mass is 378 g/mol. The van der Waals surface area contributed by atoms with Gasteiger partial charge in [-0.25, -0.2) is 4.68 Å². The van der Waals surface area contributed by atoms with Crippen molar-refractivity contribution in [2.45, 2.75) is 26.7 Å². The molecule has 0 atom stereocenters. The van der Waals surface area contributed by atoms with Gasteiger partial charge in [0.15, 0.2) is 0 Å². The molecule has 1 heterocycles. The Balaban J connectivity index is 2.14. The summed E-state index contributed by atoms with van der Waals surface area (Å²) in [5.41, 5.74) is 3.02. The number of nitrogens with zero attached hydrogens (tertiary/aromatic N) is 3. The van der Waals surface area contributed by atoms with Crippen molar-refractivity contribution in [2.75, 3.05) is 6.54 Å². The first-order valence-electron chi connectivity index (χ1n) is 9.19. The Morgan fingerprint density at radius 2 is 1.82 bits per heavy atom. The molecule has 2 aromatic carbocycles. The molecule has 0 aliphatic rings. The van der Waals surface area contributed by atoms with E-state index in [1.807, 2.05) is 37.3 Å². The molecule has 3 aromatic rings. The first-order valence-corrected chi connectivity index (χ1v) is 9.19.